The fraction of sp³-hybridized carbons (Fsp3) is 0.450. The molecule has 1 aliphatic rings. The van der Waals surface area contributed by atoms with Crippen molar-refractivity contribution in [3.05, 3.63) is 47.4 Å². The Labute approximate surface area is 154 Å². The first-order chi connectivity index (χ1) is 12.6. The van der Waals surface area contributed by atoms with Crippen molar-refractivity contribution in [1.82, 2.24) is 14.9 Å². The summed E-state index contributed by atoms with van der Waals surface area (Å²) in [6.45, 7) is 7.00. The van der Waals surface area contributed by atoms with Crippen LogP contribution >= 0.6 is 0 Å². The van der Waals surface area contributed by atoms with E-state index in [2.05, 4.69) is 14.9 Å². The van der Waals surface area contributed by atoms with E-state index in [-0.39, 0.29) is 5.91 Å². The van der Waals surface area contributed by atoms with E-state index in [4.69, 9.17) is 4.74 Å². The first kappa shape index (κ1) is 18.2. The Balaban J connectivity index is 1.50. The van der Waals surface area contributed by atoms with Crippen LogP contribution in [0.2, 0.25) is 0 Å². The van der Waals surface area contributed by atoms with E-state index in [1.165, 1.54) is 0 Å². The Morgan fingerprint density at radius 1 is 1.12 bits per heavy atom. The molecule has 0 atom stereocenters. The van der Waals surface area contributed by atoms with Crippen molar-refractivity contribution in [3.8, 4) is 5.75 Å². The number of carbonyl (C=O) groups is 1. The molecule has 0 saturated carbocycles. The zero-order chi connectivity index (χ0) is 18.5. The normalized spacial score (nSPS) is 14.4. The molecule has 0 N–H and O–H groups in total. The van der Waals surface area contributed by atoms with E-state index in [1.54, 1.807) is 13.3 Å². The lowest BCUT2D eigenvalue weighted by molar-refractivity contribution is -0.131. The molecule has 0 spiro atoms. The lowest BCUT2D eigenvalue weighted by Gasteiger charge is -2.36. The number of piperazine rings is 1. The average molecular weight is 354 g/mol. The molecule has 1 aliphatic heterocycles. The van der Waals surface area contributed by atoms with E-state index in [1.807, 2.05) is 43.0 Å². The first-order valence-electron chi connectivity index (χ1n) is 9.02. The maximum atomic E-state index is 12.5. The van der Waals surface area contributed by atoms with E-state index < -0.39 is 0 Å². The van der Waals surface area contributed by atoms with Crippen LogP contribution in [0.25, 0.3) is 0 Å². The van der Waals surface area contributed by atoms with E-state index >= 15 is 0 Å². The minimum atomic E-state index is 0.215. The standard InChI is InChI=1S/C20H26N4O2/c1-15-14-21-16(2)20(22-15)24-12-10-23(11-13-24)19(25)9-6-17-4-7-18(26-3)8-5-17/h4-5,7-8,14H,6,9-13H2,1-3H3. The minimum Gasteiger partial charge on any atom is -0.497 e. The Morgan fingerprint density at radius 2 is 1.81 bits per heavy atom. The maximum Gasteiger partial charge on any atom is 0.223 e. The van der Waals surface area contributed by atoms with Crippen LogP contribution in [0.3, 0.4) is 0 Å². The van der Waals surface area contributed by atoms with Gasteiger partial charge in [-0.2, -0.15) is 0 Å². The van der Waals surface area contributed by atoms with E-state index in [0.717, 1.165) is 61.1 Å². The number of carbonyl (C=O) groups excluding carboxylic acids is 1. The molecule has 2 aromatic rings. The molecule has 0 unspecified atom stereocenters. The molecular formula is C20H26N4O2. The summed E-state index contributed by atoms with van der Waals surface area (Å²) in [7, 11) is 1.65. The number of benzene rings is 1. The van der Waals surface area contributed by atoms with Gasteiger partial charge in [-0.1, -0.05) is 12.1 Å². The predicted octanol–water partition coefficient (Wildman–Crippen LogP) is 2.38. The SMILES string of the molecule is COc1ccc(CCC(=O)N2CCN(c3nc(C)cnc3C)CC2)cc1. The number of aromatic nitrogens is 2. The lowest BCUT2D eigenvalue weighted by atomic mass is 10.1. The number of anilines is 1. The second kappa shape index (κ2) is 8.17. The zero-order valence-electron chi connectivity index (χ0n) is 15.7. The van der Waals surface area contributed by atoms with Gasteiger partial charge in [0.25, 0.3) is 0 Å². The Hall–Kier alpha value is -2.63. The number of rotatable bonds is 5. The average Bonchev–Trinajstić information content (AvgIpc) is 2.68. The molecule has 0 bridgehead atoms. The summed E-state index contributed by atoms with van der Waals surface area (Å²) in [5.74, 6) is 1.99. The van der Waals surface area contributed by atoms with Crippen molar-refractivity contribution in [2.75, 3.05) is 38.2 Å². The summed E-state index contributed by atoms with van der Waals surface area (Å²) < 4.78 is 5.16. The second-order valence-corrected chi connectivity index (χ2v) is 6.64. The van der Waals surface area contributed by atoms with Crippen LogP contribution in [-0.4, -0.2) is 54.1 Å². The van der Waals surface area contributed by atoms with Crippen LogP contribution < -0.4 is 9.64 Å². The van der Waals surface area contributed by atoms with Gasteiger partial charge in [0.2, 0.25) is 5.91 Å². The maximum absolute atomic E-state index is 12.5. The third-order valence-electron chi connectivity index (χ3n) is 4.77. The lowest BCUT2D eigenvalue weighted by Crippen LogP contribution is -2.49. The van der Waals surface area contributed by atoms with Crippen molar-refractivity contribution < 1.29 is 9.53 Å². The number of nitrogens with zero attached hydrogens (tertiary/aromatic N) is 4. The smallest absolute Gasteiger partial charge is 0.223 e. The number of hydrogen-bond acceptors (Lipinski definition) is 5. The van der Waals surface area contributed by atoms with Gasteiger partial charge in [0.1, 0.15) is 11.6 Å². The van der Waals surface area contributed by atoms with Crippen LogP contribution in [0.1, 0.15) is 23.4 Å². The largest absolute Gasteiger partial charge is 0.497 e. The minimum absolute atomic E-state index is 0.215. The molecule has 1 aromatic carbocycles. The van der Waals surface area contributed by atoms with Crippen LogP contribution in [0, 0.1) is 13.8 Å². The molecule has 1 amide bonds. The molecule has 1 aromatic heterocycles. The van der Waals surface area contributed by atoms with Gasteiger partial charge in [-0.25, -0.2) is 4.98 Å². The Kier molecular flexibility index (Phi) is 5.71. The van der Waals surface area contributed by atoms with Crippen molar-refractivity contribution in [1.29, 1.82) is 0 Å². The van der Waals surface area contributed by atoms with Crippen LogP contribution in [0.15, 0.2) is 30.5 Å². The van der Waals surface area contributed by atoms with Gasteiger partial charge in [-0.05, 0) is 38.0 Å². The summed E-state index contributed by atoms with van der Waals surface area (Å²) in [6, 6.07) is 7.90. The van der Waals surface area contributed by atoms with E-state index in [0.29, 0.717) is 6.42 Å². The molecule has 6 heteroatoms. The summed E-state index contributed by atoms with van der Waals surface area (Å²) in [4.78, 5) is 25.7. The van der Waals surface area contributed by atoms with Crippen molar-refractivity contribution >= 4 is 11.7 Å². The molecule has 0 radical (unpaired) electrons. The Morgan fingerprint density at radius 3 is 2.46 bits per heavy atom. The highest BCUT2D eigenvalue weighted by Gasteiger charge is 2.23. The van der Waals surface area contributed by atoms with Crippen molar-refractivity contribution in [3.63, 3.8) is 0 Å². The quantitative estimate of drug-likeness (QED) is 0.825. The van der Waals surface area contributed by atoms with Gasteiger partial charge in [-0.15, -0.1) is 0 Å². The number of methoxy groups -OCH3 is 1. The molecule has 0 aliphatic carbocycles. The molecule has 138 valence electrons. The molecule has 2 heterocycles. The monoisotopic (exact) mass is 354 g/mol. The molecular weight excluding hydrogens is 328 g/mol. The number of ether oxygens (including phenoxy) is 1. The summed E-state index contributed by atoms with van der Waals surface area (Å²) in [6.07, 6.45) is 3.08. The summed E-state index contributed by atoms with van der Waals surface area (Å²) >= 11 is 0. The fourth-order valence-electron chi connectivity index (χ4n) is 3.19. The van der Waals surface area contributed by atoms with Crippen molar-refractivity contribution in [2.45, 2.75) is 26.7 Å². The van der Waals surface area contributed by atoms with E-state index in [9.17, 15) is 4.79 Å². The zero-order valence-corrected chi connectivity index (χ0v) is 15.7. The third-order valence-corrected chi connectivity index (χ3v) is 4.77. The van der Waals surface area contributed by atoms with Crippen molar-refractivity contribution in [2.24, 2.45) is 0 Å². The number of aryl methyl sites for hydroxylation is 3. The topological polar surface area (TPSA) is 58.6 Å². The fourth-order valence-corrected chi connectivity index (χ4v) is 3.19. The van der Waals surface area contributed by atoms with Gasteiger partial charge in [-0.3, -0.25) is 9.78 Å². The van der Waals surface area contributed by atoms with Gasteiger partial charge in [0.05, 0.1) is 18.5 Å². The molecule has 26 heavy (non-hydrogen) atoms. The van der Waals surface area contributed by atoms with Gasteiger partial charge >= 0.3 is 0 Å². The highest BCUT2D eigenvalue weighted by Crippen LogP contribution is 2.18. The van der Waals surface area contributed by atoms with Crippen LogP contribution in [-0.2, 0) is 11.2 Å². The van der Waals surface area contributed by atoms with Crippen LogP contribution in [0.5, 0.6) is 5.75 Å². The first-order valence-corrected chi connectivity index (χ1v) is 9.02. The predicted molar refractivity (Wildman–Crippen MR) is 102 cm³/mol. The molecule has 3 rings (SSSR count). The number of amides is 1. The second-order valence-electron chi connectivity index (χ2n) is 6.64. The summed E-state index contributed by atoms with van der Waals surface area (Å²) in [5, 5.41) is 0. The molecule has 6 nitrogen and oxygen atoms in total. The highest BCUT2D eigenvalue weighted by atomic mass is 16.5. The Bertz CT molecular complexity index is 753. The molecule has 1 saturated heterocycles. The highest BCUT2D eigenvalue weighted by molar-refractivity contribution is 5.76. The number of hydrogen-bond donors (Lipinski definition) is 0. The van der Waals surface area contributed by atoms with Gasteiger partial charge in [0.15, 0.2) is 0 Å². The molecule has 1 fully saturated rings. The summed E-state index contributed by atoms with van der Waals surface area (Å²) in [5.41, 5.74) is 3.02. The van der Waals surface area contributed by atoms with Gasteiger partial charge in [0, 0.05) is 38.8 Å². The third kappa shape index (κ3) is 4.31. The van der Waals surface area contributed by atoms with Gasteiger partial charge < -0.3 is 14.5 Å². The van der Waals surface area contributed by atoms with Crippen LogP contribution in [0.4, 0.5) is 5.82 Å².